The van der Waals surface area contributed by atoms with E-state index in [4.69, 9.17) is 0 Å². The van der Waals surface area contributed by atoms with E-state index in [1.165, 1.54) is 4.80 Å². The third-order valence-corrected chi connectivity index (χ3v) is 2.89. The summed E-state index contributed by atoms with van der Waals surface area (Å²) in [6.45, 7) is 1.85. The van der Waals surface area contributed by atoms with Crippen LogP contribution < -0.4 is 0 Å². The van der Waals surface area contributed by atoms with Crippen molar-refractivity contribution in [2.45, 2.75) is 6.92 Å². The van der Waals surface area contributed by atoms with E-state index in [0.717, 1.165) is 16.6 Å². The van der Waals surface area contributed by atoms with Gasteiger partial charge in [0.1, 0.15) is 16.7 Å². The van der Waals surface area contributed by atoms with E-state index < -0.39 is 0 Å². The van der Waals surface area contributed by atoms with E-state index in [0.29, 0.717) is 12.0 Å². The van der Waals surface area contributed by atoms with E-state index in [-0.39, 0.29) is 11.3 Å². The summed E-state index contributed by atoms with van der Waals surface area (Å²) in [6, 6.07) is 10.8. The molecule has 0 amide bonds. The molecule has 0 fully saturated rings. The first-order valence-electron chi connectivity index (χ1n) is 5.80. The number of phenols is 1. The van der Waals surface area contributed by atoms with Gasteiger partial charge in [0.15, 0.2) is 12.0 Å². The number of hydrogen-bond donors (Lipinski definition) is 1. The predicted molar refractivity (Wildman–Crippen MR) is 70.7 cm³/mol. The molecule has 0 saturated carbocycles. The lowest BCUT2D eigenvalue weighted by Gasteiger charge is -2.06. The quantitative estimate of drug-likeness (QED) is 0.711. The first-order chi connectivity index (χ1) is 9.19. The molecule has 19 heavy (non-hydrogen) atoms. The van der Waals surface area contributed by atoms with Crippen molar-refractivity contribution in [1.29, 1.82) is 0 Å². The van der Waals surface area contributed by atoms with Gasteiger partial charge in [-0.05, 0) is 36.8 Å². The topological polar surface area (TPSA) is 68.0 Å². The van der Waals surface area contributed by atoms with Crippen LogP contribution in [0.3, 0.4) is 0 Å². The molecule has 0 aliphatic heterocycles. The van der Waals surface area contributed by atoms with Crippen molar-refractivity contribution in [3.05, 3.63) is 47.5 Å². The van der Waals surface area contributed by atoms with Crippen LogP contribution in [0, 0.1) is 6.92 Å². The van der Waals surface area contributed by atoms with Crippen LogP contribution in [0.4, 0.5) is 0 Å². The second kappa shape index (κ2) is 4.20. The lowest BCUT2D eigenvalue weighted by atomic mass is 10.1. The number of aldehydes is 1. The summed E-state index contributed by atoms with van der Waals surface area (Å²) in [5, 5.41) is 18.6. The number of carbonyl (C=O) groups is 1. The monoisotopic (exact) mass is 253 g/mol. The zero-order chi connectivity index (χ0) is 13.4. The fraction of sp³-hybridized carbons (Fsp3) is 0.0714. The zero-order valence-electron chi connectivity index (χ0n) is 10.2. The number of hydrogen-bond acceptors (Lipinski definition) is 4. The molecule has 94 valence electrons. The molecule has 0 saturated heterocycles. The van der Waals surface area contributed by atoms with Crippen LogP contribution in [0.25, 0.3) is 16.7 Å². The third-order valence-electron chi connectivity index (χ3n) is 2.89. The Morgan fingerprint density at radius 1 is 1.16 bits per heavy atom. The Kier molecular flexibility index (Phi) is 2.52. The van der Waals surface area contributed by atoms with Crippen LogP contribution in [0.5, 0.6) is 5.75 Å². The summed E-state index contributed by atoms with van der Waals surface area (Å²) in [5.41, 5.74) is 2.96. The summed E-state index contributed by atoms with van der Waals surface area (Å²) in [5.74, 6) is -0.110. The number of rotatable bonds is 2. The average molecular weight is 253 g/mol. The van der Waals surface area contributed by atoms with Gasteiger partial charge in [0.25, 0.3) is 0 Å². The molecule has 0 aliphatic carbocycles. The molecule has 0 unspecified atom stereocenters. The van der Waals surface area contributed by atoms with Gasteiger partial charge in [-0.15, -0.1) is 15.0 Å². The van der Waals surface area contributed by atoms with Gasteiger partial charge < -0.3 is 5.11 Å². The molecule has 5 heteroatoms. The second-order valence-corrected chi connectivity index (χ2v) is 4.32. The lowest BCUT2D eigenvalue weighted by molar-refractivity contribution is 0.112. The van der Waals surface area contributed by atoms with Crippen molar-refractivity contribution in [2.75, 3.05) is 0 Å². The largest absolute Gasteiger partial charge is 0.505 e. The van der Waals surface area contributed by atoms with Gasteiger partial charge in [-0.25, -0.2) is 0 Å². The van der Waals surface area contributed by atoms with Crippen LogP contribution in [0.1, 0.15) is 15.9 Å². The molecule has 3 rings (SSSR count). The van der Waals surface area contributed by atoms with E-state index in [9.17, 15) is 9.90 Å². The fourth-order valence-electron chi connectivity index (χ4n) is 2.00. The number of nitrogens with zero attached hydrogens (tertiary/aromatic N) is 3. The molecule has 0 atom stereocenters. The molecule has 0 spiro atoms. The highest BCUT2D eigenvalue weighted by atomic mass is 16.3. The van der Waals surface area contributed by atoms with Crippen LogP contribution >= 0.6 is 0 Å². The SMILES string of the molecule is Cc1cc(C=O)c(O)c(-n2nc3ccccc3n2)c1. The van der Waals surface area contributed by atoms with E-state index >= 15 is 0 Å². The number of aryl methyl sites for hydroxylation is 1. The fourth-order valence-corrected chi connectivity index (χ4v) is 2.00. The molecule has 3 aromatic rings. The predicted octanol–water partition coefficient (Wildman–Crippen LogP) is 2.25. The first-order valence-corrected chi connectivity index (χ1v) is 5.80. The molecule has 1 heterocycles. The van der Waals surface area contributed by atoms with Crippen molar-refractivity contribution in [1.82, 2.24) is 15.0 Å². The number of aromatic nitrogens is 3. The van der Waals surface area contributed by atoms with Crippen LogP contribution in [0.2, 0.25) is 0 Å². The van der Waals surface area contributed by atoms with Gasteiger partial charge in [-0.3, -0.25) is 4.79 Å². The number of fused-ring (bicyclic) bond motifs is 1. The van der Waals surface area contributed by atoms with Gasteiger partial charge in [0.2, 0.25) is 0 Å². The maximum atomic E-state index is 10.9. The molecule has 2 aromatic carbocycles. The smallest absolute Gasteiger partial charge is 0.153 e. The van der Waals surface area contributed by atoms with Crippen LogP contribution in [0.15, 0.2) is 36.4 Å². The number of aromatic hydroxyl groups is 1. The van der Waals surface area contributed by atoms with Crippen molar-refractivity contribution in [3.8, 4) is 11.4 Å². The summed E-state index contributed by atoms with van der Waals surface area (Å²) >= 11 is 0. The number of carbonyl (C=O) groups excluding carboxylic acids is 1. The van der Waals surface area contributed by atoms with Crippen molar-refractivity contribution >= 4 is 17.3 Å². The van der Waals surface area contributed by atoms with Gasteiger partial charge >= 0.3 is 0 Å². The van der Waals surface area contributed by atoms with Gasteiger partial charge in [-0.1, -0.05) is 12.1 Å². The van der Waals surface area contributed by atoms with E-state index in [2.05, 4.69) is 10.2 Å². The maximum absolute atomic E-state index is 10.9. The van der Waals surface area contributed by atoms with E-state index in [1.54, 1.807) is 12.1 Å². The number of phenolic OH excluding ortho intramolecular Hbond substituents is 1. The third kappa shape index (κ3) is 1.85. The standard InChI is InChI=1S/C14H11N3O2/c1-9-6-10(8-18)14(19)13(7-9)17-15-11-4-2-3-5-12(11)16-17/h2-8,19H,1H3. The van der Waals surface area contributed by atoms with Gasteiger partial charge in [0, 0.05) is 0 Å². The van der Waals surface area contributed by atoms with Gasteiger partial charge in [-0.2, -0.15) is 0 Å². The maximum Gasteiger partial charge on any atom is 0.153 e. The zero-order valence-corrected chi connectivity index (χ0v) is 10.2. The summed E-state index contributed by atoms with van der Waals surface area (Å²) in [7, 11) is 0. The average Bonchev–Trinajstić information content (AvgIpc) is 2.84. The van der Waals surface area contributed by atoms with Crippen molar-refractivity contribution < 1.29 is 9.90 Å². The molecule has 0 aliphatic rings. The Hall–Kier alpha value is -2.69. The molecule has 5 nitrogen and oxygen atoms in total. The van der Waals surface area contributed by atoms with Crippen molar-refractivity contribution in [3.63, 3.8) is 0 Å². The molecule has 0 bridgehead atoms. The van der Waals surface area contributed by atoms with Gasteiger partial charge in [0.05, 0.1) is 5.56 Å². The summed E-state index contributed by atoms with van der Waals surface area (Å²) in [4.78, 5) is 12.3. The highest BCUT2D eigenvalue weighted by Crippen LogP contribution is 2.26. The van der Waals surface area contributed by atoms with Crippen LogP contribution in [-0.4, -0.2) is 26.4 Å². The minimum absolute atomic E-state index is 0.110. The minimum Gasteiger partial charge on any atom is -0.505 e. The Morgan fingerprint density at radius 3 is 2.37 bits per heavy atom. The Morgan fingerprint density at radius 2 is 1.79 bits per heavy atom. The Bertz CT molecular complexity index is 744. The summed E-state index contributed by atoms with van der Waals surface area (Å²) in [6.07, 6.45) is 0.620. The normalized spacial score (nSPS) is 10.8. The Labute approximate surface area is 109 Å². The molecular formula is C14H11N3O2. The van der Waals surface area contributed by atoms with E-state index in [1.807, 2.05) is 31.2 Å². The lowest BCUT2D eigenvalue weighted by Crippen LogP contribution is -2.01. The Balaban J connectivity index is 2.26. The number of benzene rings is 2. The second-order valence-electron chi connectivity index (χ2n) is 4.32. The summed E-state index contributed by atoms with van der Waals surface area (Å²) < 4.78 is 0. The molecule has 1 aromatic heterocycles. The first kappa shape index (κ1) is 11.4. The molecular weight excluding hydrogens is 242 g/mol. The minimum atomic E-state index is -0.110. The highest BCUT2D eigenvalue weighted by molar-refractivity contribution is 5.82. The molecule has 1 N–H and O–H groups in total. The molecule has 0 radical (unpaired) electrons. The van der Waals surface area contributed by atoms with Crippen LogP contribution in [-0.2, 0) is 0 Å². The highest BCUT2D eigenvalue weighted by Gasteiger charge is 2.12. The van der Waals surface area contributed by atoms with Crippen molar-refractivity contribution in [2.24, 2.45) is 0 Å².